The van der Waals surface area contributed by atoms with Crippen LogP contribution in [0.1, 0.15) is 22.8 Å². The van der Waals surface area contributed by atoms with Crippen molar-refractivity contribution in [3.63, 3.8) is 0 Å². The molecule has 0 saturated carbocycles. The summed E-state index contributed by atoms with van der Waals surface area (Å²) in [6.45, 7) is 3.75. The average Bonchev–Trinajstić information content (AvgIpc) is 2.61. The molecule has 0 aliphatic heterocycles. The number of esters is 1. The van der Waals surface area contributed by atoms with E-state index in [9.17, 15) is 9.59 Å². The molecule has 132 valence electrons. The second-order valence-electron chi connectivity index (χ2n) is 5.78. The molecule has 5 nitrogen and oxygen atoms in total. The lowest BCUT2D eigenvalue weighted by atomic mass is 10.1. The smallest absolute Gasteiger partial charge is 0.330 e. The topological polar surface area (TPSA) is 67.4 Å². The van der Waals surface area contributed by atoms with Gasteiger partial charge in [-0.05, 0) is 50.2 Å². The third-order valence-corrected chi connectivity index (χ3v) is 4.32. The highest BCUT2D eigenvalue weighted by Crippen LogP contribution is 2.14. The summed E-state index contributed by atoms with van der Waals surface area (Å²) in [5.74, 6) is -0.691. The second kappa shape index (κ2) is 8.67. The van der Waals surface area contributed by atoms with Crippen LogP contribution < -0.4 is 10.6 Å². The van der Waals surface area contributed by atoms with Crippen LogP contribution in [0.15, 0.2) is 53.0 Å². The van der Waals surface area contributed by atoms with Gasteiger partial charge in [0.05, 0.1) is 13.2 Å². The first-order chi connectivity index (χ1) is 11.9. The van der Waals surface area contributed by atoms with E-state index in [1.807, 2.05) is 31.2 Å². The second-order valence-corrected chi connectivity index (χ2v) is 6.70. The van der Waals surface area contributed by atoms with Gasteiger partial charge in [-0.3, -0.25) is 4.79 Å². The van der Waals surface area contributed by atoms with Gasteiger partial charge in [0.1, 0.15) is 6.04 Å². The Morgan fingerprint density at radius 1 is 1.04 bits per heavy atom. The summed E-state index contributed by atoms with van der Waals surface area (Å²) in [5.41, 5.74) is 2.43. The first kappa shape index (κ1) is 19.0. The SMILES string of the molecule is COC(=O)[C@H](Nc1ccc(C)cc1)[C@H](C)NC(=O)c1ccc(Br)cc1. The van der Waals surface area contributed by atoms with E-state index in [0.29, 0.717) is 5.56 Å². The van der Waals surface area contributed by atoms with E-state index in [4.69, 9.17) is 4.74 Å². The first-order valence-electron chi connectivity index (χ1n) is 7.88. The molecule has 0 aliphatic carbocycles. The van der Waals surface area contributed by atoms with Crippen molar-refractivity contribution in [1.82, 2.24) is 5.32 Å². The zero-order valence-electron chi connectivity index (χ0n) is 14.4. The molecule has 2 atom stereocenters. The van der Waals surface area contributed by atoms with Crippen molar-refractivity contribution in [3.05, 3.63) is 64.1 Å². The van der Waals surface area contributed by atoms with Gasteiger partial charge in [-0.2, -0.15) is 0 Å². The number of anilines is 1. The van der Waals surface area contributed by atoms with Gasteiger partial charge < -0.3 is 15.4 Å². The molecular formula is C19H21BrN2O3. The van der Waals surface area contributed by atoms with Crippen molar-refractivity contribution in [2.45, 2.75) is 25.9 Å². The van der Waals surface area contributed by atoms with E-state index in [1.165, 1.54) is 7.11 Å². The Kier molecular flexibility index (Phi) is 6.58. The Bertz CT molecular complexity index is 729. The predicted octanol–water partition coefficient (Wildman–Crippen LogP) is 3.53. The number of nitrogens with one attached hydrogen (secondary N) is 2. The standard InChI is InChI=1S/C19H21BrN2O3/c1-12-4-10-16(11-5-12)22-17(19(24)25-3)13(2)21-18(23)14-6-8-15(20)9-7-14/h4-11,13,17,22H,1-3H3,(H,21,23)/t13-,17+/m0/s1. The number of ether oxygens (including phenoxy) is 1. The molecule has 0 saturated heterocycles. The zero-order valence-corrected chi connectivity index (χ0v) is 16.0. The molecule has 0 spiro atoms. The third-order valence-electron chi connectivity index (χ3n) is 3.79. The molecule has 0 aliphatic rings. The lowest BCUT2D eigenvalue weighted by Gasteiger charge is -2.25. The largest absolute Gasteiger partial charge is 0.467 e. The minimum absolute atomic E-state index is 0.250. The molecule has 2 aromatic rings. The summed E-state index contributed by atoms with van der Waals surface area (Å²) in [4.78, 5) is 24.5. The normalized spacial score (nSPS) is 12.8. The van der Waals surface area contributed by atoms with Crippen LogP contribution in [0.3, 0.4) is 0 Å². The molecule has 1 amide bonds. The van der Waals surface area contributed by atoms with E-state index < -0.39 is 18.1 Å². The highest BCUT2D eigenvalue weighted by molar-refractivity contribution is 9.10. The molecule has 0 radical (unpaired) electrons. The first-order valence-corrected chi connectivity index (χ1v) is 8.67. The Balaban J connectivity index is 2.10. The lowest BCUT2D eigenvalue weighted by Crippen LogP contribution is -2.49. The van der Waals surface area contributed by atoms with Crippen LogP contribution in [0.25, 0.3) is 0 Å². The van der Waals surface area contributed by atoms with Gasteiger partial charge in [0, 0.05) is 15.7 Å². The maximum atomic E-state index is 12.4. The molecule has 25 heavy (non-hydrogen) atoms. The fourth-order valence-corrected chi connectivity index (χ4v) is 2.58. The molecule has 2 N–H and O–H groups in total. The van der Waals surface area contributed by atoms with E-state index in [-0.39, 0.29) is 5.91 Å². The number of hydrogen-bond acceptors (Lipinski definition) is 4. The monoisotopic (exact) mass is 404 g/mol. The number of halogens is 1. The Hall–Kier alpha value is -2.34. The summed E-state index contributed by atoms with van der Waals surface area (Å²) in [6.07, 6.45) is 0. The van der Waals surface area contributed by atoms with Gasteiger partial charge in [-0.25, -0.2) is 4.79 Å². The van der Waals surface area contributed by atoms with Crippen molar-refractivity contribution >= 4 is 33.5 Å². The predicted molar refractivity (Wildman–Crippen MR) is 102 cm³/mol. The lowest BCUT2D eigenvalue weighted by molar-refractivity contribution is -0.142. The summed E-state index contributed by atoms with van der Waals surface area (Å²) in [6, 6.07) is 13.5. The number of benzene rings is 2. The van der Waals surface area contributed by atoms with Crippen LogP contribution >= 0.6 is 15.9 Å². The molecular weight excluding hydrogens is 384 g/mol. The number of hydrogen-bond donors (Lipinski definition) is 2. The van der Waals surface area contributed by atoms with E-state index >= 15 is 0 Å². The minimum atomic E-state index is -0.702. The van der Waals surface area contributed by atoms with E-state index in [1.54, 1.807) is 31.2 Å². The number of carbonyl (C=O) groups excluding carboxylic acids is 2. The van der Waals surface area contributed by atoms with E-state index in [2.05, 4.69) is 26.6 Å². The molecule has 0 bridgehead atoms. The molecule has 0 heterocycles. The maximum Gasteiger partial charge on any atom is 0.330 e. The minimum Gasteiger partial charge on any atom is -0.467 e. The van der Waals surface area contributed by atoms with Crippen molar-refractivity contribution in [1.29, 1.82) is 0 Å². The van der Waals surface area contributed by atoms with Crippen molar-refractivity contribution < 1.29 is 14.3 Å². The van der Waals surface area contributed by atoms with Crippen molar-refractivity contribution in [3.8, 4) is 0 Å². The van der Waals surface area contributed by atoms with Crippen LogP contribution in [0.5, 0.6) is 0 Å². The molecule has 2 aromatic carbocycles. The van der Waals surface area contributed by atoms with Crippen LogP contribution in [-0.4, -0.2) is 31.1 Å². The van der Waals surface area contributed by atoms with Gasteiger partial charge in [-0.15, -0.1) is 0 Å². The Morgan fingerprint density at radius 3 is 2.20 bits per heavy atom. The van der Waals surface area contributed by atoms with Gasteiger partial charge in [0.15, 0.2) is 0 Å². The number of aryl methyl sites for hydroxylation is 1. The van der Waals surface area contributed by atoms with Crippen LogP contribution in [-0.2, 0) is 9.53 Å². The number of rotatable bonds is 6. The van der Waals surface area contributed by atoms with Crippen LogP contribution in [0.2, 0.25) is 0 Å². The summed E-state index contributed by atoms with van der Waals surface area (Å²) in [5, 5.41) is 5.97. The summed E-state index contributed by atoms with van der Waals surface area (Å²) >= 11 is 3.34. The highest BCUT2D eigenvalue weighted by atomic mass is 79.9. The fourth-order valence-electron chi connectivity index (χ4n) is 2.32. The molecule has 0 fully saturated rings. The Labute approximate surface area is 155 Å². The molecule has 0 unspecified atom stereocenters. The van der Waals surface area contributed by atoms with Crippen LogP contribution in [0.4, 0.5) is 5.69 Å². The van der Waals surface area contributed by atoms with Gasteiger partial charge in [0.2, 0.25) is 0 Å². The quantitative estimate of drug-likeness (QED) is 0.722. The van der Waals surface area contributed by atoms with Crippen molar-refractivity contribution in [2.24, 2.45) is 0 Å². The number of amides is 1. The molecule has 2 rings (SSSR count). The molecule has 0 aromatic heterocycles. The fraction of sp³-hybridized carbons (Fsp3) is 0.263. The number of carbonyl (C=O) groups is 2. The third kappa shape index (κ3) is 5.32. The maximum absolute atomic E-state index is 12.4. The van der Waals surface area contributed by atoms with Crippen LogP contribution in [0, 0.1) is 6.92 Å². The zero-order chi connectivity index (χ0) is 18.4. The number of methoxy groups -OCH3 is 1. The van der Waals surface area contributed by atoms with Gasteiger partial charge >= 0.3 is 5.97 Å². The summed E-state index contributed by atoms with van der Waals surface area (Å²) < 4.78 is 5.77. The highest BCUT2D eigenvalue weighted by Gasteiger charge is 2.27. The van der Waals surface area contributed by atoms with E-state index in [0.717, 1.165) is 15.7 Å². The van der Waals surface area contributed by atoms with Gasteiger partial charge in [-0.1, -0.05) is 33.6 Å². The Morgan fingerprint density at radius 2 is 1.64 bits per heavy atom. The van der Waals surface area contributed by atoms with Crippen molar-refractivity contribution in [2.75, 3.05) is 12.4 Å². The van der Waals surface area contributed by atoms with Gasteiger partial charge in [0.25, 0.3) is 5.91 Å². The summed E-state index contributed by atoms with van der Waals surface area (Å²) in [7, 11) is 1.33. The molecule has 6 heteroatoms. The average molecular weight is 405 g/mol.